The summed E-state index contributed by atoms with van der Waals surface area (Å²) in [5, 5.41) is 11.2. The topological polar surface area (TPSA) is 75.1 Å². The van der Waals surface area contributed by atoms with Crippen LogP contribution in [0.25, 0.3) is 0 Å². The fourth-order valence-corrected chi connectivity index (χ4v) is 1.02. The van der Waals surface area contributed by atoms with Gasteiger partial charge in [-0.15, -0.1) is 0 Å². The molecule has 0 amide bonds. The fraction of sp³-hybridized carbons (Fsp3) is 0.500. The van der Waals surface area contributed by atoms with E-state index in [0.29, 0.717) is 0 Å². The lowest BCUT2D eigenvalue weighted by atomic mass is 10.1. The summed E-state index contributed by atoms with van der Waals surface area (Å²) in [5.41, 5.74) is -1.15. The molecule has 0 spiro atoms. The van der Waals surface area contributed by atoms with Crippen LogP contribution in [0.3, 0.4) is 0 Å². The molecule has 2 N–H and O–H groups in total. The van der Waals surface area contributed by atoms with Gasteiger partial charge in [0, 0.05) is 6.20 Å². The number of aromatic nitrogens is 2. The summed E-state index contributed by atoms with van der Waals surface area (Å²) in [7, 11) is 0. The lowest BCUT2D eigenvalue weighted by Gasteiger charge is -2.18. The minimum Gasteiger partial charge on any atom is -0.477 e. The average molecular weight is 184 g/mol. The van der Waals surface area contributed by atoms with Gasteiger partial charge in [0.25, 0.3) is 5.56 Å². The van der Waals surface area contributed by atoms with Crippen molar-refractivity contribution < 1.29 is 9.90 Å². The van der Waals surface area contributed by atoms with E-state index in [9.17, 15) is 9.59 Å². The van der Waals surface area contributed by atoms with Crippen LogP contribution in [0.4, 0.5) is 0 Å². The number of aromatic carboxylic acids is 1. The van der Waals surface area contributed by atoms with E-state index in [2.05, 4.69) is 5.10 Å². The van der Waals surface area contributed by atoms with E-state index in [1.54, 1.807) is 0 Å². The minimum atomic E-state index is -1.20. The molecule has 0 radical (unpaired) electrons. The molecule has 0 fully saturated rings. The van der Waals surface area contributed by atoms with Gasteiger partial charge in [-0.2, -0.15) is 0 Å². The maximum Gasteiger partial charge on any atom is 0.342 e. The molecule has 13 heavy (non-hydrogen) atoms. The molecule has 0 unspecified atom stereocenters. The fourth-order valence-electron chi connectivity index (χ4n) is 1.02. The zero-order chi connectivity index (χ0) is 10.2. The predicted molar refractivity (Wildman–Crippen MR) is 47.0 cm³/mol. The number of hydrogen-bond donors (Lipinski definition) is 2. The number of carboxylic acids is 1. The molecule has 5 nitrogen and oxygen atoms in total. The number of carbonyl (C=O) groups is 1. The highest BCUT2D eigenvalue weighted by Crippen LogP contribution is 2.08. The van der Waals surface area contributed by atoms with Crippen LogP contribution >= 0.6 is 0 Å². The Morgan fingerprint density at radius 2 is 2.08 bits per heavy atom. The molecule has 0 aliphatic carbocycles. The van der Waals surface area contributed by atoms with Gasteiger partial charge in [0.15, 0.2) is 0 Å². The van der Waals surface area contributed by atoms with Crippen LogP contribution in [0.15, 0.2) is 11.0 Å². The highest BCUT2D eigenvalue weighted by Gasteiger charge is 2.20. The van der Waals surface area contributed by atoms with Crippen LogP contribution in [-0.2, 0) is 5.54 Å². The van der Waals surface area contributed by atoms with E-state index in [1.165, 1.54) is 10.9 Å². The van der Waals surface area contributed by atoms with Crippen LogP contribution < -0.4 is 5.56 Å². The molecular formula is C8H12N2O3. The molecule has 0 aromatic carbocycles. The SMILES string of the molecule is CC(C)(C)n1[nH]cc(C(=O)O)c1=O. The van der Waals surface area contributed by atoms with Gasteiger partial charge in [0.1, 0.15) is 5.56 Å². The second-order valence-electron chi connectivity index (χ2n) is 3.80. The first kappa shape index (κ1) is 9.57. The first-order chi connectivity index (χ1) is 5.84. The van der Waals surface area contributed by atoms with Crippen LogP contribution in [0.5, 0.6) is 0 Å². The van der Waals surface area contributed by atoms with Crippen molar-refractivity contribution in [1.82, 2.24) is 9.78 Å². The Hall–Kier alpha value is -1.52. The Kier molecular flexibility index (Phi) is 2.03. The van der Waals surface area contributed by atoms with Crippen molar-refractivity contribution in [3.8, 4) is 0 Å². The van der Waals surface area contributed by atoms with Gasteiger partial charge < -0.3 is 10.2 Å². The molecule has 1 aromatic heterocycles. The zero-order valence-corrected chi connectivity index (χ0v) is 7.79. The summed E-state index contributed by atoms with van der Waals surface area (Å²) >= 11 is 0. The molecule has 0 aliphatic heterocycles. The Labute approximate surface area is 75.0 Å². The van der Waals surface area contributed by atoms with Crippen LogP contribution in [-0.4, -0.2) is 20.9 Å². The Morgan fingerprint density at radius 3 is 2.31 bits per heavy atom. The molecule has 1 aromatic rings. The maximum absolute atomic E-state index is 11.4. The molecule has 0 saturated heterocycles. The van der Waals surface area contributed by atoms with E-state index in [-0.39, 0.29) is 5.56 Å². The summed E-state index contributed by atoms with van der Waals surface area (Å²) in [4.78, 5) is 21.9. The van der Waals surface area contributed by atoms with Gasteiger partial charge in [-0.3, -0.25) is 4.79 Å². The highest BCUT2D eigenvalue weighted by atomic mass is 16.4. The second kappa shape index (κ2) is 2.76. The van der Waals surface area contributed by atoms with Crippen molar-refractivity contribution in [2.75, 3.05) is 0 Å². The third-order valence-electron chi connectivity index (χ3n) is 1.67. The van der Waals surface area contributed by atoms with Crippen molar-refractivity contribution in [2.45, 2.75) is 26.3 Å². The van der Waals surface area contributed by atoms with Gasteiger partial charge in [0.2, 0.25) is 0 Å². The van der Waals surface area contributed by atoms with E-state index < -0.39 is 17.1 Å². The summed E-state index contributed by atoms with van der Waals surface area (Å²) in [6.07, 6.45) is 1.20. The van der Waals surface area contributed by atoms with Crippen molar-refractivity contribution in [1.29, 1.82) is 0 Å². The number of carboxylic acid groups (broad SMARTS) is 1. The van der Waals surface area contributed by atoms with Gasteiger partial charge in [-0.25, -0.2) is 9.48 Å². The maximum atomic E-state index is 11.4. The van der Waals surface area contributed by atoms with Crippen molar-refractivity contribution in [3.05, 3.63) is 22.1 Å². The molecule has 72 valence electrons. The van der Waals surface area contributed by atoms with E-state index in [1.807, 2.05) is 20.8 Å². The van der Waals surface area contributed by atoms with Crippen molar-refractivity contribution in [3.63, 3.8) is 0 Å². The van der Waals surface area contributed by atoms with Gasteiger partial charge in [0.05, 0.1) is 5.54 Å². The third kappa shape index (κ3) is 1.63. The minimum absolute atomic E-state index is 0.227. The predicted octanol–water partition coefficient (Wildman–Crippen LogP) is 0.630. The molecule has 0 bridgehead atoms. The number of aromatic amines is 1. The third-order valence-corrected chi connectivity index (χ3v) is 1.67. The Morgan fingerprint density at radius 1 is 1.54 bits per heavy atom. The molecule has 1 rings (SSSR count). The Bertz CT molecular complexity index is 381. The van der Waals surface area contributed by atoms with E-state index in [4.69, 9.17) is 5.11 Å². The Balaban J connectivity index is 3.31. The summed E-state index contributed by atoms with van der Waals surface area (Å²) < 4.78 is 1.29. The average Bonchev–Trinajstić information content (AvgIpc) is 2.28. The number of H-pyrrole nitrogens is 1. The summed E-state index contributed by atoms with van der Waals surface area (Å²) in [6, 6.07) is 0. The van der Waals surface area contributed by atoms with Crippen molar-refractivity contribution >= 4 is 5.97 Å². The van der Waals surface area contributed by atoms with Crippen LogP contribution in [0.1, 0.15) is 31.1 Å². The lowest BCUT2D eigenvalue weighted by molar-refractivity contribution is 0.0695. The second-order valence-corrected chi connectivity index (χ2v) is 3.80. The molecular weight excluding hydrogens is 172 g/mol. The van der Waals surface area contributed by atoms with Gasteiger partial charge in [-0.05, 0) is 20.8 Å². The number of nitrogens with one attached hydrogen (secondary N) is 1. The van der Waals surface area contributed by atoms with Crippen LogP contribution in [0.2, 0.25) is 0 Å². The number of hydrogen-bond acceptors (Lipinski definition) is 2. The van der Waals surface area contributed by atoms with Gasteiger partial charge >= 0.3 is 5.97 Å². The standard InChI is InChI=1S/C8H12N2O3/c1-8(2,3)10-6(11)5(4-9-10)7(12)13/h4,9H,1-3H3,(H,12,13). The molecule has 0 atom stereocenters. The van der Waals surface area contributed by atoms with Gasteiger partial charge in [-0.1, -0.05) is 0 Å². The quantitative estimate of drug-likeness (QED) is 0.672. The summed E-state index contributed by atoms with van der Waals surface area (Å²) in [5.74, 6) is -1.20. The highest BCUT2D eigenvalue weighted by molar-refractivity contribution is 5.86. The van der Waals surface area contributed by atoms with E-state index in [0.717, 1.165) is 0 Å². The van der Waals surface area contributed by atoms with Crippen molar-refractivity contribution in [2.24, 2.45) is 0 Å². The lowest BCUT2D eigenvalue weighted by Crippen LogP contribution is -2.34. The molecule has 0 aliphatic rings. The monoisotopic (exact) mass is 184 g/mol. The molecule has 0 saturated carbocycles. The zero-order valence-electron chi connectivity index (χ0n) is 7.79. The smallest absolute Gasteiger partial charge is 0.342 e. The first-order valence-corrected chi connectivity index (χ1v) is 3.88. The number of nitrogens with zero attached hydrogens (tertiary/aromatic N) is 1. The molecule has 1 heterocycles. The number of rotatable bonds is 1. The van der Waals surface area contributed by atoms with E-state index >= 15 is 0 Å². The normalized spacial score (nSPS) is 11.6. The first-order valence-electron chi connectivity index (χ1n) is 3.88. The summed E-state index contributed by atoms with van der Waals surface area (Å²) in [6.45, 7) is 5.45. The van der Waals surface area contributed by atoms with Crippen LogP contribution in [0, 0.1) is 0 Å². The molecule has 5 heteroatoms. The largest absolute Gasteiger partial charge is 0.477 e.